The first-order valence-electron chi connectivity index (χ1n) is 7.74. The van der Waals surface area contributed by atoms with Crippen molar-refractivity contribution >= 4 is 22.8 Å². The van der Waals surface area contributed by atoms with E-state index in [1.165, 1.54) is 18.0 Å². The van der Waals surface area contributed by atoms with Crippen LogP contribution in [-0.4, -0.2) is 34.8 Å². The molecule has 128 valence electrons. The molecular formula is C17H21N3O4. The number of hydrogen-bond donors (Lipinski definition) is 1. The van der Waals surface area contributed by atoms with Crippen molar-refractivity contribution in [1.82, 2.24) is 15.1 Å². The third-order valence-electron chi connectivity index (χ3n) is 3.58. The minimum Gasteiger partial charge on any atom is -0.467 e. The third-order valence-corrected chi connectivity index (χ3v) is 3.58. The Morgan fingerprint density at radius 3 is 2.67 bits per heavy atom. The van der Waals surface area contributed by atoms with Gasteiger partial charge in [-0.25, -0.2) is 4.79 Å². The summed E-state index contributed by atoms with van der Waals surface area (Å²) in [5.74, 6) is -0.622. The van der Waals surface area contributed by atoms with Gasteiger partial charge in [0.1, 0.15) is 12.6 Å². The maximum atomic E-state index is 12.3. The minimum absolute atomic E-state index is 0.0909. The number of nitrogens with zero attached hydrogens (tertiary/aromatic N) is 2. The van der Waals surface area contributed by atoms with Crippen LogP contribution in [0.5, 0.6) is 0 Å². The summed E-state index contributed by atoms with van der Waals surface area (Å²) in [6, 6.07) is 6.23. The number of rotatable bonds is 6. The van der Waals surface area contributed by atoms with E-state index in [2.05, 4.69) is 10.4 Å². The van der Waals surface area contributed by atoms with Gasteiger partial charge in [0, 0.05) is 5.39 Å². The van der Waals surface area contributed by atoms with Gasteiger partial charge in [-0.15, -0.1) is 0 Å². The smallest absolute Gasteiger partial charge is 0.328 e. The van der Waals surface area contributed by atoms with Gasteiger partial charge in [0.15, 0.2) is 0 Å². The van der Waals surface area contributed by atoms with E-state index in [1.807, 2.05) is 13.8 Å². The molecule has 0 radical (unpaired) electrons. The Hall–Kier alpha value is -2.70. The Morgan fingerprint density at radius 1 is 1.29 bits per heavy atom. The minimum atomic E-state index is -0.701. The topological polar surface area (TPSA) is 90.3 Å². The highest BCUT2D eigenvalue weighted by atomic mass is 16.5. The molecule has 1 unspecified atom stereocenters. The zero-order valence-corrected chi connectivity index (χ0v) is 14.0. The highest BCUT2D eigenvalue weighted by Gasteiger charge is 2.22. The summed E-state index contributed by atoms with van der Waals surface area (Å²) >= 11 is 0. The van der Waals surface area contributed by atoms with Crippen molar-refractivity contribution in [3.05, 3.63) is 40.7 Å². The molecule has 0 saturated carbocycles. The van der Waals surface area contributed by atoms with Gasteiger partial charge in [-0.3, -0.25) is 14.3 Å². The van der Waals surface area contributed by atoms with Crippen LogP contribution >= 0.6 is 0 Å². The van der Waals surface area contributed by atoms with Crippen molar-refractivity contribution < 1.29 is 14.3 Å². The number of benzene rings is 1. The largest absolute Gasteiger partial charge is 0.467 e. The molecule has 1 atom stereocenters. The molecule has 0 saturated heterocycles. The lowest BCUT2D eigenvalue weighted by Crippen LogP contribution is -2.44. The first-order valence-corrected chi connectivity index (χ1v) is 7.74. The van der Waals surface area contributed by atoms with Crippen LogP contribution in [0.15, 0.2) is 35.3 Å². The molecule has 7 nitrogen and oxygen atoms in total. The van der Waals surface area contributed by atoms with E-state index in [9.17, 15) is 14.4 Å². The van der Waals surface area contributed by atoms with E-state index in [-0.39, 0.29) is 23.8 Å². The molecule has 24 heavy (non-hydrogen) atoms. The van der Waals surface area contributed by atoms with E-state index in [0.717, 1.165) is 0 Å². The summed E-state index contributed by atoms with van der Waals surface area (Å²) < 4.78 is 6.17. The molecule has 0 fully saturated rings. The number of hydrogen-bond acceptors (Lipinski definition) is 5. The lowest BCUT2D eigenvalue weighted by molar-refractivity contribution is -0.145. The van der Waals surface area contributed by atoms with Crippen molar-refractivity contribution in [3.63, 3.8) is 0 Å². The van der Waals surface area contributed by atoms with Crippen molar-refractivity contribution in [2.75, 3.05) is 7.11 Å². The van der Waals surface area contributed by atoms with Crippen LogP contribution in [0.25, 0.3) is 10.9 Å². The Kier molecular flexibility index (Phi) is 5.68. The van der Waals surface area contributed by atoms with Crippen LogP contribution in [-0.2, 0) is 20.9 Å². The zero-order chi connectivity index (χ0) is 17.7. The molecule has 7 heteroatoms. The number of carbonyl (C=O) groups excluding carboxylic acids is 2. The predicted octanol–water partition coefficient (Wildman–Crippen LogP) is 1.10. The maximum absolute atomic E-state index is 12.3. The van der Waals surface area contributed by atoms with Gasteiger partial charge in [0.05, 0.1) is 18.8 Å². The number of para-hydroxylation sites is 1. The van der Waals surface area contributed by atoms with Crippen molar-refractivity contribution in [2.45, 2.75) is 32.9 Å². The van der Waals surface area contributed by atoms with Crippen LogP contribution in [0.1, 0.15) is 20.3 Å². The molecule has 0 aliphatic carbocycles. The van der Waals surface area contributed by atoms with Gasteiger partial charge >= 0.3 is 5.97 Å². The molecule has 1 amide bonds. The predicted molar refractivity (Wildman–Crippen MR) is 89.4 cm³/mol. The van der Waals surface area contributed by atoms with Crippen molar-refractivity contribution in [2.24, 2.45) is 5.92 Å². The quantitative estimate of drug-likeness (QED) is 0.801. The SMILES string of the molecule is COC(=O)C(CC(C)C)NC(=O)Cn1ncc(=O)c2ccccc21. The standard InChI is InChI=1S/C17H21N3O4/c1-11(2)8-13(17(23)24-3)19-16(22)10-20-14-7-5-4-6-12(14)15(21)9-18-20/h4-7,9,11,13H,8,10H2,1-3H3,(H,19,22). The van der Waals surface area contributed by atoms with Crippen molar-refractivity contribution in [1.29, 1.82) is 0 Å². The Balaban J connectivity index is 2.19. The Bertz CT molecular complexity index is 798. The van der Waals surface area contributed by atoms with Crippen LogP contribution < -0.4 is 10.7 Å². The number of carbonyl (C=O) groups is 2. The number of aromatic nitrogens is 2. The van der Waals surface area contributed by atoms with E-state index in [0.29, 0.717) is 17.3 Å². The zero-order valence-electron chi connectivity index (χ0n) is 14.0. The van der Waals surface area contributed by atoms with Gasteiger partial charge in [0.25, 0.3) is 0 Å². The summed E-state index contributed by atoms with van der Waals surface area (Å²) in [7, 11) is 1.29. The molecule has 1 aromatic heterocycles. The van der Waals surface area contributed by atoms with Crippen LogP contribution in [0.3, 0.4) is 0 Å². The number of amides is 1. The normalized spacial score (nSPS) is 12.2. The number of nitrogens with one attached hydrogen (secondary N) is 1. The molecular weight excluding hydrogens is 310 g/mol. The lowest BCUT2D eigenvalue weighted by Gasteiger charge is -2.18. The lowest BCUT2D eigenvalue weighted by atomic mass is 10.0. The summed E-state index contributed by atoms with van der Waals surface area (Å²) in [5.41, 5.74) is 0.369. The first kappa shape index (κ1) is 17.7. The molecule has 0 aliphatic heterocycles. The Morgan fingerprint density at radius 2 is 2.00 bits per heavy atom. The fourth-order valence-electron chi connectivity index (χ4n) is 2.49. The van der Waals surface area contributed by atoms with Crippen LogP contribution in [0.4, 0.5) is 0 Å². The first-order chi connectivity index (χ1) is 11.4. The van der Waals surface area contributed by atoms with Gasteiger partial charge in [-0.2, -0.15) is 5.10 Å². The van der Waals surface area contributed by atoms with Crippen LogP contribution in [0.2, 0.25) is 0 Å². The summed E-state index contributed by atoms with van der Waals surface area (Å²) in [5, 5.41) is 7.17. The van der Waals surface area contributed by atoms with Gasteiger partial charge < -0.3 is 10.1 Å². The highest BCUT2D eigenvalue weighted by molar-refractivity contribution is 5.85. The van der Waals surface area contributed by atoms with Gasteiger partial charge in [-0.1, -0.05) is 26.0 Å². The molecule has 2 rings (SSSR count). The van der Waals surface area contributed by atoms with Gasteiger partial charge in [0.2, 0.25) is 11.3 Å². The Labute approximate surface area is 139 Å². The molecule has 0 bridgehead atoms. The fourth-order valence-corrected chi connectivity index (χ4v) is 2.49. The number of fused-ring (bicyclic) bond motifs is 1. The third kappa shape index (κ3) is 4.18. The fraction of sp³-hybridized carbons (Fsp3) is 0.412. The van der Waals surface area contributed by atoms with E-state index in [1.54, 1.807) is 24.3 Å². The second kappa shape index (κ2) is 7.72. The van der Waals surface area contributed by atoms with Gasteiger partial charge in [-0.05, 0) is 24.5 Å². The van der Waals surface area contributed by atoms with E-state index in [4.69, 9.17) is 4.74 Å². The average molecular weight is 331 g/mol. The highest BCUT2D eigenvalue weighted by Crippen LogP contribution is 2.09. The molecule has 0 aliphatic rings. The average Bonchev–Trinajstić information content (AvgIpc) is 2.56. The second-order valence-electron chi connectivity index (χ2n) is 5.96. The van der Waals surface area contributed by atoms with E-state index < -0.39 is 12.0 Å². The maximum Gasteiger partial charge on any atom is 0.328 e. The van der Waals surface area contributed by atoms with Crippen LogP contribution in [0, 0.1) is 5.92 Å². The summed E-state index contributed by atoms with van der Waals surface area (Å²) in [4.78, 5) is 35.9. The second-order valence-corrected chi connectivity index (χ2v) is 5.96. The van der Waals surface area contributed by atoms with E-state index >= 15 is 0 Å². The van der Waals surface area contributed by atoms with Crippen molar-refractivity contribution in [3.8, 4) is 0 Å². The number of methoxy groups -OCH3 is 1. The molecule has 1 heterocycles. The number of ether oxygens (including phenoxy) is 1. The monoisotopic (exact) mass is 331 g/mol. The summed E-state index contributed by atoms with van der Waals surface area (Å²) in [6.45, 7) is 3.82. The molecule has 1 N–H and O–H groups in total. The summed E-state index contributed by atoms with van der Waals surface area (Å²) in [6.07, 6.45) is 1.66. The molecule has 1 aromatic carbocycles. The molecule has 2 aromatic rings. The number of esters is 1. The molecule has 0 spiro atoms.